The molecule has 2 aromatic rings. The van der Waals surface area contributed by atoms with Gasteiger partial charge in [-0.1, -0.05) is 6.58 Å². The van der Waals surface area contributed by atoms with Crippen LogP contribution in [0.15, 0.2) is 57.8 Å². The summed E-state index contributed by atoms with van der Waals surface area (Å²) in [6.45, 7) is 6.95. The van der Waals surface area contributed by atoms with Crippen molar-refractivity contribution in [3.63, 3.8) is 0 Å². The van der Waals surface area contributed by atoms with Crippen LogP contribution in [0.25, 0.3) is 0 Å². The summed E-state index contributed by atoms with van der Waals surface area (Å²) in [7, 11) is 0. The number of carbonyl (C=O) groups excluding carboxylic acids is 1. The summed E-state index contributed by atoms with van der Waals surface area (Å²) >= 11 is 0. The van der Waals surface area contributed by atoms with E-state index < -0.39 is 0 Å². The second-order valence-corrected chi connectivity index (χ2v) is 5.44. The second-order valence-electron chi connectivity index (χ2n) is 5.44. The maximum absolute atomic E-state index is 12.2. The maximum Gasteiger partial charge on any atom is 0.248 e. The molecule has 0 radical (unpaired) electrons. The molecule has 118 valence electrons. The molecule has 0 fully saturated rings. The van der Waals surface area contributed by atoms with Gasteiger partial charge in [-0.05, 0) is 44.0 Å². The Balaban J connectivity index is 1.79. The van der Waals surface area contributed by atoms with Crippen molar-refractivity contribution in [1.82, 2.24) is 4.90 Å². The Labute approximate surface area is 131 Å². The van der Waals surface area contributed by atoms with Crippen LogP contribution < -0.4 is 0 Å². The molecule has 0 saturated heterocycles. The third-order valence-corrected chi connectivity index (χ3v) is 3.51. The SMILES string of the molecule is C=C(C)C(=O)N(CCCc1ccco1)CCCc1ccco1. The molecule has 0 atom stereocenters. The first-order valence-electron chi connectivity index (χ1n) is 7.66. The molecule has 0 unspecified atom stereocenters. The van der Waals surface area contributed by atoms with E-state index in [0.717, 1.165) is 37.2 Å². The third-order valence-electron chi connectivity index (χ3n) is 3.51. The first-order valence-corrected chi connectivity index (χ1v) is 7.66. The summed E-state index contributed by atoms with van der Waals surface area (Å²) in [5, 5.41) is 0. The first-order chi connectivity index (χ1) is 10.7. The van der Waals surface area contributed by atoms with Crippen LogP contribution in [0.5, 0.6) is 0 Å². The van der Waals surface area contributed by atoms with Gasteiger partial charge in [0.2, 0.25) is 5.91 Å². The molecule has 0 spiro atoms. The van der Waals surface area contributed by atoms with Crippen molar-refractivity contribution >= 4 is 5.91 Å². The van der Waals surface area contributed by atoms with Crippen molar-refractivity contribution < 1.29 is 13.6 Å². The number of furan rings is 2. The highest BCUT2D eigenvalue weighted by molar-refractivity contribution is 5.92. The molecule has 2 aromatic heterocycles. The van der Waals surface area contributed by atoms with Gasteiger partial charge in [0.25, 0.3) is 0 Å². The predicted molar refractivity (Wildman–Crippen MR) is 85.5 cm³/mol. The van der Waals surface area contributed by atoms with Gasteiger partial charge < -0.3 is 13.7 Å². The summed E-state index contributed by atoms with van der Waals surface area (Å²) in [5.41, 5.74) is 0.580. The van der Waals surface area contributed by atoms with Crippen molar-refractivity contribution in [3.8, 4) is 0 Å². The van der Waals surface area contributed by atoms with Crippen LogP contribution in [0.2, 0.25) is 0 Å². The van der Waals surface area contributed by atoms with Gasteiger partial charge in [0.15, 0.2) is 0 Å². The Morgan fingerprint density at radius 1 is 1.05 bits per heavy atom. The molecule has 4 nitrogen and oxygen atoms in total. The highest BCUT2D eigenvalue weighted by Crippen LogP contribution is 2.09. The molecule has 22 heavy (non-hydrogen) atoms. The first kappa shape index (κ1) is 16.1. The number of carbonyl (C=O) groups is 1. The molecule has 2 rings (SSSR count). The van der Waals surface area contributed by atoms with Gasteiger partial charge >= 0.3 is 0 Å². The van der Waals surface area contributed by atoms with Crippen molar-refractivity contribution in [2.24, 2.45) is 0 Å². The molecule has 0 aromatic carbocycles. The topological polar surface area (TPSA) is 46.6 Å². The minimum atomic E-state index is 0.0267. The Kier molecular flexibility index (Phi) is 6.07. The molecule has 0 saturated carbocycles. The number of hydrogen-bond donors (Lipinski definition) is 0. The highest BCUT2D eigenvalue weighted by Gasteiger charge is 2.14. The fraction of sp³-hybridized carbons (Fsp3) is 0.389. The van der Waals surface area contributed by atoms with Crippen LogP contribution in [0.3, 0.4) is 0 Å². The smallest absolute Gasteiger partial charge is 0.248 e. The van der Waals surface area contributed by atoms with Crippen molar-refractivity contribution in [1.29, 1.82) is 0 Å². The zero-order valence-corrected chi connectivity index (χ0v) is 13.1. The van der Waals surface area contributed by atoms with E-state index in [4.69, 9.17) is 8.83 Å². The lowest BCUT2D eigenvalue weighted by Gasteiger charge is -2.22. The lowest BCUT2D eigenvalue weighted by Crippen LogP contribution is -2.33. The fourth-order valence-corrected chi connectivity index (χ4v) is 2.38. The molecular formula is C18H23NO3. The van der Waals surface area contributed by atoms with Gasteiger partial charge in [-0.25, -0.2) is 0 Å². The standard InChI is InChI=1S/C18H23NO3/c1-15(2)18(20)19(11-3-7-16-9-5-13-21-16)12-4-8-17-10-6-14-22-17/h5-6,9-10,13-14H,1,3-4,7-8,11-12H2,2H3. The zero-order valence-electron chi connectivity index (χ0n) is 13.1. The van der Waals surface area contributed by atoms with Crippen LogP contribution in [0.1, 0.15) is 31.3 Å². The summed E-state index contributed by atoms with van der Waals surface area (Å²) in [4.78, 5) is 14.1. The Morgan fingerprint density at radius 3 is 1.91 bits per heavy atom. The molecule has 0 aliphatic heterocycles. The molecule has 4 heteroatoms. The predicted octanol–water partition coefficient (Wildman–Crippen LogP) is 3.84. The Bertz CT molecular complexity index is 529. The number of hydrogen-bond acceptors (Lipinski definition) is 3. The van der Waals surface area contributed by atoms with Crippen LogP contribution in [-0.2, 0) is 17.6 Å². The molecule has 0 N–H and O–H groups in total. The maximum atomic E-state index is 12.2. The summed E-state index contributed by atoms with van der Waals surface area (Å²) in [5.74, 6) is 1.94. The lowest BCUT2D eigenvalue weighted by molar-refractivity contribution is -0.127. The normalized spacial score (nSPS) is 10.6. The van der Waals surface area contributed by atoms with Crippen LogP contribution in [0.4, 0.5) is 0 Å². The number of aryl methyl sites for hydroxylation is 2. The van der Waals surface area contributed by atoms with Crippen LogP contribution in [-0.4, -0.2) is 23.9 Å². The van der Waals surface area contributed by atoms with E-state index in [9.17, 15) is 4.79 Å². The van der Waals surface area contributed by atoms with Gasteiger partial charge in [0.05, 0.1) is 12.5 Å². The monoisotopic (exact) mass is 301 g/mol. The fourth-order valence-electron chi connectivity index (χ4n) is 2.38. The minimum absolute atomic E-state index is 0.0267. The Morgan fingerprint density at radius 2 is 1.55 bits per heavy atom. The summed E-state index contributed by atoms with van der Waals surface area (Å²) in [6.07, 6.45) is 6.79. The van der Waals surface area contributed by atoms with Crippen molar-refractivity contribution in [3.05, 3.63) is 60.5 Å². The van der Waals surface area contributed by atoms with Crippen molar-refractivity contribution in [2.45, 2.75) is 32.6 Å². The quantitative estimate of drug-likeness (QED) is 0.661. The van der Waals surface area contributed by atoms with Crippen molar-refractivity contribution in [2.75, 3.05) is 13.1 Å². The van der Waals surface area contributed by atoms with E-state index in [0.29, 0.717) is 18.7 Å². The lowest BCUT2D eigenvalue weighted by atomic mass is 10.2. The second kappa shape index (κ2) is 8.27. The number of amides is 1. The van der Waals surface area contributed by atoms with Gasteiger partial charge in [-0.2, -0.15) is 0 Å². The van der Waals surface area contributed by atoms with E-state index in [1.807, 2.05) is 29.2 Å². The van der Waals surface area contributed by atoms with E-state index >= 15 is 0 Å². The van der Waals surface area contributed by atoms with Gasteiger partial charge in [0.1, 0.15) is 11.5 Å². The minimum Gasteiger partial charge on any atom is -0.469 e. The van der Waals surface area contributed by atoms with E-state index in [1.165, 1.54) is 0 Å². The molecule has 0 aliphatic rings. The largest absolute Gasteiger partial charge is 0.469 e. The van der Waals surface area contributed by atoms with Gasteiger partial charge in [-0.3, -0.25) is 4.79 Å². The van der Waals surface area contributed by atoms with E-state index in [-0.39, 0.29) is 5.91 Å². The molecule has 1 amide bonds. The molecular weight excluding hydrogens is 278 g/mol. The van der Waals surface area contributed by atoms with Crippen LogP contribution in [0, 0.1) is 0 Å². The molecule has 0 bridgehead atoms. The highest BCUT2D eigenvalue weighted by atomic mass is 16.3. The summed E-state index contributed by atoms with van der Waals surface area (Å²) < 4.78 is 10.6. The average Bonchev–Trinajstić information content (AvgIpc) is 3.18. The van der Waals surface area contributed by atoms with Gasteiger partial charge in [-0.15, -0.1) is 0 Å². The Hall–Kier alpha value is -2.23. The van der Waals surface area contributed by atoms with Gasteiger partial charge in [0, 0.05) is 31.5 Å². The van der Waals surface area contributed by atoms with E-state index in [1.54, 1.807) is 19.5 Å². The number of nitrogens with zero attached hydrogens (tertiary/aromatic N) is 1. The van der Waals surface area contributed by atoms with E-state index in [2.05, 4.69) is 6.58 Å². The molecule has 0 aliphatic carbocycles. The average molecular weight is 301 g/mol. The molecule has 2 heterocycles. The zero-order chi connectivity index (χ0) is 15.8. The number of rotatable bonds is 9. The third kappa shape index (κ3) is 4.95. The van der Waals surface area contributed by atoms with Crippen LogP contribution >= 0.6 is 0 Å². The summed E-state index contributed by atoms with van der Waals surface area (Å²) in [6, 6.07) is 7.69.